The molecule has 0 amide bonds. The monoisotopic (exact) mass is 291 g/mol. The number of aryl methyl sites for hydroxylation is 1. The summed E-state index contributed by atoms with van der Waals surface area (Å²) < 4.78 is 27.8. The lowest BCUT2D eigenvalue weighted by Gasteiger charge is -2.09. The molecule has 0 aliphatic rings. The van der Waals surface area contributed by atoms with E-state index in [9.17, 15) is 18.0 Å². The maximum atomic E-state index is 11.9. The van der Waals surface area contributed by atoms with E-state index in [1.54, 1.807) is 0 Å². The molecule has 0 spiro atoms. The van der Waals surface area contributed by atoms with Gasteiger partial charge in [-0.1, -0.05) is 0 Å². The van der Waals surface area contributed by atoms with Gasteiger partial charge in [0.2, 0.25) is 10.0 Å². The molecular weight excluding hydrogens is 274 g/mol. The summed E-state index contributed by atoms with van der Waals surface area (Å²) in [6.07, 6.45) is 0.561. The summed E-state index contributed by atoms with van der Waals surface area (Å²) in [5.41, 5.74) is -1.49. The predicted molar refractivity (Wildman–Crippen MR) is 68.4 cm³/mol. The molecule has 0 bridgehead atoms. The SMILES string of the molecule is CC(O)CCNS(=O)(=O)c1cn(C)c(=O)n(C)c1=O. The standard InChI is InChI=1S/C10H17N3O5S/c1-7(14)4-5-11-19(17,18)8-6-12(2)10(16)13(3)9(8)15/h6-7,11,14H,4-5H2,1-3H3. The molecule has 0 fully saturated rings. The molecule has 1 aromatic rings. The summed E-state index contributed by atoms with van der Waals surface area (Å²) in [5.74, 6) is 0. The molecule has 1 aromatic heterocycles. The first-order chi connectivity index (χ1) is 8.66. The third-order valence-electron chi connectivity index (χ3n) is 2.56. The lowest BCUT2D eigenvalue weighted by molar-refractivity contribution is 0.186. The van der Waals surface area contributed by atoms with Gasteiger partial charge in [-0.05, 0) is 13.3 Å². The topological polar surface area (TPSA) is 110 Å². The van der Waals surface area contributed by atoms with Gasteiger partial charge in [0, 0.05) is 26.8 Å². The smallest absolute Gasteiger partial charge is 0.330 e. The lowest BCUT2D eigenvalue weighted by Crippen LogP contribution is -2.41. The summed E-state index contributed by atoms with van der Waals surface area (Å²) in [6.45, 7) is 1.53. The molecule has 0 radical (unpaired) electrons. The molecule has 1 unspecified atom stereocenters. The normalized spacial score (nSPS) is 13.5. The first kappa shape index (κ1) is 15.6. The Labute approximate surface area is 110 Å². The summed E-state index contributed by atoms with van der Waals surface area (Å²) in [4.78, 5) is 22.7. The lowest BCUT2D eigenvalue weighted by atomic mass is 10.3. The molecule has 19 heavy (non-hydrogen) atoms. The van der Waals surface area contributed by atoms with E-state index in [0.29, 0.717) is 0 Å². The van der Waals surface area contributed by atoms with Crippen molar-refractivity contribution in [2.75, 3.05) is 6.54 Å². The molecule has 0 aromatic carbocycles. The van der Waals surface area contributed by atoms with Crippen molar-refractivity contribution in [2.24, 2.45) is 14.1 Å². The van der Waals surface area contributed by atoms with Gasteiger partial charge in [-0.3, -0.25) is 9.36 Å². The van der Waals surface area contributed by atoms with Crippen LogP contribution in [0, 0.1) is 0 Å². The van der Waals surface area contributed by atoms with Crippen molar-refractivity contribution in [3.63, 3.8) is 0 Å². The van der Waals surface area contributed by atoms with Crippen LogP contribution < -0.4 is 16.0 Å². The largest absolute Gasteiger partial charge is 0.393 e. The third kappa shape index (κ3) is 3.52. The van der Waals surface area contributed by atoms with Crippen LogP contribution in [0.25, 0.3) is 0 Å². The maximum Gasteiger partial charge on any atom is 0.330 e. The molecule has 108 valence electrons. The minimum atomic E-state index is -4.00. The van der Waals surface area contributed by atoms with Crippen LogP contribution in [0.1, 0.15) is 13.3 Å². The molecule has 0 saturated carbocycles. The number of hydrogen-bond acceptors (Lipinski definition) is 5. The highest BCUT2D eigenvalue weighted by molar-refractivity contribution is 7.89. The summed E-state index contributed by atoms with van der Waals surface area (Å²) in [6, 6.07) is 0. The zero-order chi connectivity index (χ0) is 14.8. The van der Waals surface area contributed by atoms with Gasteiger partial charge in [0.05, 0.1) is 6.10 Å². The van der Waals surface area contributed by atoms with Gasteiger partial charge in [-0.25, -0.2) is 17.9 Å². The Balaban J connectivity index is 3.16. The fraction of sp³-hybridized carbons (Fsp3) is 0.600. The van der Waals surface area contributed by atoms with E-state index in [1.807, 2.05) is 0 Å². The van der Waals surface area contributed by atoms with Crippen molar-refractivity contribution >= 4 is 10.0 Å². The van der Waals surface area contributed by atoms with Crippen molar-refractivity contribution in [3.8, 4) is 0 Å². The Kier molecular flexibility index (Phi) is 4.66. The van der Waals surface area contributed by atoms with Crippen LogP contribution in [0.4, 0.5) is 0 Å². The van der Waals surface area contributed by atoms with Crippen molar-refractivity contribution in [1.82, 2.24) is 13.9 Å². The Morgan fingerprint density at radius 2 is 1.95 bits per heavy atom. The molecule has 0 aliphatic heterocycles. The molecule has 9 heteroatoms. The maximum absolute atomic E-state index is 11.9. The molecule has 0 saturated heterocycles. The van der Waals surface area contributed by atoms with E-state index in [1.165, 1.54) is 21.0 Å². The molecule has 2 N–H and O–H groups in total. The van der Waals surface area contributed by atoms with Crippen LogP contribution in [0.15, 0.2) is 20.7 Å². The molecular formula is C10H17N3O5S. The molecule has 0 aliphatic carbocycles. The summed E-state index contributed by atoms with van der Waals surface area (Å²) in [5, 5.41) is 9.05. The van der Waals surface area contributed by atoms with Crippen molar-refractivity contribution in [1.29, 1.82) is 0 Å². The second-order valence-electron chi connectivity index (χ2n) is 4.29. The quantitative estimate of drug-likeness (QED) is 0.660. The minimum absolute atomic E-state index is 0.00595. The van der Waals surface area contributed by atoms with Gasteiger partial charge in [0.25, 0.3) is 5.56 Å². The van der Waals surface area contributed by atoms with Crippen molar-refractivity contribution in [3.05, 3.63) is 27.0 Å². The summed E-state index contributed by atoms with van der Waals surface area (Å²) in [7, 11) is -1.44. The fourth-order valence-electron chi connectivity index (χ4n) is 1.44. The number of rotatable bonds is 5. The molecule has 1 rings (SSSR count). The van der Waals surface area contributed by atoms with Crippen LogP contribution in [-0.4, -0.2) is 35.3 Å². The first-order valence-corrected chi connectivity index (χ1v) is 7.09. The Morgan fingerprint density at radius 3 is 2.47 bits per heavy atom. The average Bonchev–Trinajstić information content (AvgIpc) is 2.30. The van der Waals surface area contributed by atoms with Crippen LogP contribution in [0.2, 0.25) is 0 Å². The Morgan fingerprint density at radius 1 is 1.37 bits per heavy atom. The van der Waals surface area contributed by atoms with E-state index in [4.69, 9.17) is 5.11 Å². The summed E-state index contributed by atoms with van der Waals surface area (Å²) >= 11 is 0. The second-order valence-corrected chi connectivity index (χ2v) is 6.02. The van der Waals surface area contributed by atoms with E-state index >= 15 is 0 Å². The van der Waals surface area contributed by atoms with Crippen LogP contribution in [-0.2, 0) is 24.1 Å². The first-order valence-electron chi connectivity index (χ1n) is 5.61. The van der Waals surface area contributed by atoms with Gasteiger partial charge >= 0.3 is 5.69 Å². The number of aliphatic hydroxyl groups is 1. The van der Waals surface area contributed by atoms with E-state index in [-0.39, 0.29) is 13.0 Å². The predicted octanol–water partition coefficient (Wildman–Crippen LogP) is -1.87. The van der Waals surface area contributed by atoms with Crippen LogP contribution in [0.3, 0.4) is 0 Å². The van der Waals surface area contributed by atoms with E-state index in [2.05, 4.69) is 4.72 Å². The highest BCUT2D eigenvalue weighted by atomic mass is 32.2. The number of sulfonamides is 1. The van der Waals surface area contributed by atoms with Crippen LogP contribution >= 0.6 is 0 Å². The number of aromatic nitrogens is 2. The number of nitrogens with zero attached hydrogens (tertiary/aromatic N) is 2. The van der Waals surface area contributed by atoms with E-state index in [0.717, 1.165) is 15.3 Å². The number of hydrogen-bond donors (Lipinski definition) is 2. The minimum Gasteiger partial charge on any atom is -0.393 e. The zero-order valence-electron chi connectivity index (χ0n) is 11.0. The Bertz CT molecular complexity index is 671. The van der Waals surface area contributed by atoms with E-state index < -0.39 is 32.3 Å². The molecule has 1 atom stereocenters. The highest BCUT2D eigenvalue weighted by Gasteiger charge is 2.20. The third-order valence-corrected chi connectivity index (χ3v) is 4.00. The van der Waals surface area contributed by atoms with Crippen LogP contribution in [0.5, 0.6) is 0 Å². The Hall–Kier alpha value is -1.45. The fourth-order valence-corrected chi connectivity index (χ4v) is 2.65. The van der Waals surface area contributed by atoms with Gasteiger partial charge in [0.1, 0.15) is 0 Å². The average molecular weight is 291 g/mol. The van der Waals surface area contributed by atoms with Crippen molar-refractivity contribution < 1.29 is 13.5 Å². The van der Waals surface area contributed by atoms with Gasteiger partial charge in [-0.2, -0.15) is 0 Å². The molecule has 1 heterocycles. The highest BCUT2D eigenvalue weighted by Crippen LogP contribution is 2.00. The van der Waals surface area contributed by atoms with Gasteiger partial charge < -0.3 is 9.67 Å². The number of nitrogens with one attached hydrogen (secondary N) is 1. The number of aliphatic hydroxyl groups excluding tert-OH is 1. The molecule has 8 nitrogen and oxygen atoms in total. The second kappa shape index (κ2) is 5.68. The van der Waals surface area contributed by atoms with Gasteiger partial charge in [-0.15, -0.1) is 0 Å². The van der Waals surface area contributed by atoms with Gasteiger partial charge in [0.15, 0.2) is 4.90 Å². The van der Waals surface area contributed by atoms with Crippen molar-refractivity contribution in [2.45, 2.75) is 24.3 Å². The zero-order valence-corrected chi connectivity index (χ0v) is 11.8.